The van der Waals surface area contributed by atoms with Gasteiger partial charge in [0.2, 0.25) is 10.0 Å². The third kappa shape index (κ3) is 4.74. The normalized spacial score (nSPS) is 15.8. The highest BCUT2D eigenvalue weighted by Crippen LogP contribution is 2.25. The number of hydrogen-bond donors (Lipinski definition) is 0. The smallest absolute Gasteiger partial charge is 0.243 e. The lowest BCUT2D eigenvalue weighted by Crippen LogP contribution is -2.35. The van der Waals surface area contributed by atoms with E-state index in [2.05, 4.69) is 23.4 Å². The largest absolute Gasteiger partial charge is 0.313 e. The molecule has 1 saturated heterocycles. The molecule has 2 aromatic carbocycles. The lowest BCUT2D eigenvalue weighted by atomic mass is 10.2. The van der Waals surface area contributed by atoms with Crippen molar-refractivity contribution in [1.29, 1.82) is 0 Å². The van der Waals surface area contributed by atoms with Crippen LogP contribution in [0.2, 0.25) is 0 Å². The molecule has 0 spiro atoms. The van der Waals surface area contributed by atoms with E-state index in [-0.39, 0.29) is 0 Å². The van der Waals surface area contributed by atoms with E-state index in [0.29, 0.717) is 24.5 Å². The van der Waals surface area contributed by atoms with Crippen LogP contribution in [0.5, 0.6) is 0 Å². The molecule has 31 heavy (non-hydrogen) atoms. The van der Waals surface area contributed by atoms with Crippen LogP contribution in [0.4, 0.5) is 5.69 Å². The molecule has 0 atom stereocenters. The maximum absolute atomic E-state index is 12.9. The van der Waals surface area contributed by atoms with Crippen LogP contribution in [0.25, 0.3) is 11.3 Å². The summed E-state index contributed by atoms with van der Waals surface area (Å²) < 4.78 is 29.6. The summed E-state index contributed by atoms with van der Waals surface area (Å²) in [5, 5.41) is 2.06. The van der Waals surface area contributed by atoms with Crippen LogP contribution < -0.4 is 4.80 Å². The Morgan fingerprint density at radius 3 is 2.35 bits per heavy atom. The minimum atomic E-state index is -3.43. The molecule has 2 heterocycles. The van der Waals surface area contributed by atoms with E-state index in [1.807, 2.05) is 42.5 Å². The van der Waals surface area contributed by atoms with Crippen LogP contribution in [-0.4, -0.2) is 30.4 Å². The number of sulfonamides is 1. The van der Waals surface area contributed by atoms with Crippen molar-refractivity contribution >= 4 is 27.0 Å². The second kappa shape index (κ2) is 9.34. The molecule has 0 aliphatic carbocycles. The van der Waals surface area contributed by atoms with Gasteiger partial charge in [-0.1, -0.05) is 42.3 Å². The van der Waals surface area contributed by atoms with Crippen LogP contribution in [0, 0.1) is 6.92 Å². The first-order valence-electron chi connectivity index (χ1n) is 10.5. The number of aryl methyl sites for hydroxylation is 1. The van der Waals surface area contributed by atoms with Crippen molar-refractivity contribution in [3.8, 4) is 11.3 Å². The van der Waals surface area contributed by atoms with E-state index in [1.54, 1.807) is 27.8 Å². The van der Waals surface area contributed by atoms with E-state index < -0.39 is 10.0 Å². The Hall–Kier alpha value is -2.48. The van der Waals surface area contributed by atoms with E-state index in [1.165, 1.54) is 5.56 Å². The molecule has 1 aliphatic rings. The average molecular weight is 454 g/mol. The van der Waals surface area contributed by atoms with Gasteiger partial charge in [0.25, 0.3) is 0 Å². The predicted octanol–water partition coefficient (Wildman–Crippen LogP) is 5.12. The number of benzene rings is 2. The highest BCUT2D eigenvalue weighted by molar-refractivity contribution is 7.89. The lowest BCUT2D eigenvalue weighted by Gasteiger charge is -2.25. The van der Waals surface area contributed by atoms with Gasteiger partial charge in [0.1, 0.15) is 0 Å². The highest BCUT2D eigenvalue weighted by Gasteiger charge is 2.25. The number of thiazole rings is 1. The minimum absolute atomic E-state index is 0.355. The number of rotatable bonds is 6. The van der Waals surface area contributed by atoms with Crippen molar-refractivity contribution in [3.05, 3.63) is 76.9 Å². The molecule has 0 unspecified atom stereocenters. The molecule has 4 rings (SSSR count). The lowest BCUT2D eigenvalue weighted by molar-refractivity contribution is 0.346. The van der Waals surface area contributed by atoms with Gasteiger partial charge < -0.3 is 4.57 Å². The zero-order valence-corrected chi connectivity index (χ0v) is 19.3. The molecule has 0 N–H and O–H groups in total. The molecule has 1 aromatic heterocycles. The Balaban J connectivity index is 1.67. The first kappa shape index (κ1) is 21.7. The Morgan fingerprint density at radius 1 is 1.03 bits per heavy atom. The first-order chi connectivity index (χ1) is 15.0. The Kier molecular flexibility index (Phi) is 6.55. The van der Waals surface area contributed by atoms with Crippen LogP contribution in [0.3, 0.4) is 0 Å². The second-order valence-electron chi connectivity index (χ2n) is 7.74. The van der Waals surface area contributed by atoms with Gasteiger partial charge in [0.05, 0.1) is 16.3 Å². The van der Waals surface area contributed by atoms with E-state index in [9.17, 15) is 8.42 Å². The van der Waals surface area contributed by atoms with Gasteiger partial charge in [0.15, 0.2) is 4.80 Å². The molecule has 0 saturated carbocycles. The number of allylic oxidation sites excluding steroid dienone is 1. The van der Waals surface area contributed by atoms with Gasteiger partial charge in [-0.2, -0.15) is 4.31 Å². The minimum Gasteiger partial charge on any atom is -0.313 e. The van der Waals surface area contributed by atoms with Gasteiger partial charge >= 0.3 is 0 Å². The van der Waals surface area contributed by atoms with Crippen molar-refractivity contribution in [1.82, 2.24) is 8.87 Å². The monoisotopic (exact) mass is 453 g/mol. The van der Waals surface area contributed by atoms with E-state index in [4.69, 9.17) is 4.99 Å². The Labute approximate surface area is 188 Å². The van der Waals surface area contributed by atoms with Crippen molar-refractivity contribution in [2.24, 2.45) is 4.99 Å². The molecule has 0 bridgehead atoms. The van der Waals surface area contributed by atoms with Gasteiger partial charge in [-0.3, -0.25) is 0 Å². The van der Waals surface area contributed by atoms with Crippen molar-refractivity contribution in [2.45, 2.75) is 37.6 Å². The SMILES string of the molecule is C=CCn1c(-c2ccc(S(=O)(=O)N3CCCCC3)cc2)csc1=Nc1ccc(C)cc1. The number of aromatic nitrogens is 1. The molecule has 5 nitrogen and oxygen atoms in total. The molecule has 3 aromatic rings. The zero-order valence-electron chi connectivity index (χ0n) is 17.7. The number of nitrogens with zero attached hydrogens (tertiary/aromatic N) is 3. The van der Waals surface area contributed by atoms with Crippen LogP contribution in [0.1, 0.15) is 24.8 Å². The fraction of sp³-hybridized carbons (Fsp3) is 0.292. The van der Waals surface area contributed by atoms with E-state index >= 15 is 0 Å². The predicted molar refractivity (Wildman–Crippen MR) is 127 cm³/mol. The Morgan fingerprint density at radius 2 is 1.71 bits per heavy atom. The van der Waals surface area contributed by atoms with E-state index in [0.717, 1.165) is 41.0 Å². The van der Waals surface area contributed by atoms with Crippen molar-refractivity contribution < 1.29 is 8.42 Å². The molecule has 1 fully saturated rings. The molecule has 0 amide bonds. The third-order valence-corrected chi connectivity index (χ3v) is 8.25. The molecular formula is C24H27N3O2S2. The topological polar surface area (TPSA) is 54.7 Å². The summed E-state index contributed by atoms with van der Waals surface area (Å²) in [6, 6.07) is 15.3. The van der Waals surface area contributed by atoms with Gasteiger partial charge in [-0.25, -0.2) is 13.4 Å². The summed E-state index contributed by atoms with van der Waals surface area (Å²) in [5.41, 5.74) is 4.06. The maximum atomic E-state index is 12.9. The summed E-state index contributed by atoms with van der Waals surface area (Å²) in [4.78, 5) is 6.03. The van der Waals surface area contributed by atoms with Crippen LogP contribution >= 0.6 is 11.3 Å². The van der Waals surface area contributed by atoms with Crippen LogP contribution in [0.15, 0.2) is 76.5 Å². The van der Waals surface area contributed by atoms with Gasteiger partial charge in [-0.15, -0.1) is 17.9 Å². The fourth-order valence-electron chi connectivity index (χ4n) is 3.74. The zero-order chi connectivity index (χ0) is 21.8. The van der Waals surface area contributed by atoms with Crippen molar-refractivity contribution in [3.63, 3.8) is 0 Å². The molecule has 7 heteroatoms. The third-order valence-electron chi connectivity index (χ3n) is 5.47. The number of hydrogen-bond acceptors (Lipinski definition) is 4. The average Bonchev–Trinajstić information content (AvgIpc) is 3.18. The number of piperidine rings is 1. The first-order valence-corrected chi connectivity index (χ1v) is 12.8. The van der Waals surface area contributed by atoms with Crippen LogP contribution in [-0.2, 0) is 16.6 Å². The van der Waals surface area contributed by atoms with Gasteiger partial charge in [-0.05, 0) is 49.6 Å². The molecule has 162 valence electrons. The van der Waals surface area contributed by atoms with Gasteiger partial charge in [0, 0.05) is 25.0 Å². The molecule has 1 aliphatic heterocycles. The summed E-state index contributed by atoms with van der Waals surface area (Å²) in [6.45, 7) is 7.78. The quantitative estimate of drug-likeness (QED) is 0.487. The summed E-state index contributed by atoms with van der Waals surface area (Å²) in [5.74, 6) is 0. The molecular weight excluding hydrogens is 426 g/mol. The van der Waals surface area contributed by atoms with Crippen molar-refractivity contribution in [2.75, 3.05) is 13.1 Å². The molecule has 0 radical (unpaired) electrons. The standard InChI is InChI=1S/C24H27N3O2S2/c1-3-15-27-23(18-30-24(27)25-21-11-7-19(2)8-12-21)20-9-13-22(14-10-20)31(28,29)26-16-5-4-6-17-26/h3,7-14,18H,1,4-6,15-17H2,2H3. The maximum Gasteiger partial charge on any atom is 0.243 e. The summed E-state index contributed by atoms with van der Waals surface area (Å²) in [7, 11) is -3.43. The second-order valence-corrected chi connectivity index (χ2v) is 10.5. The Bertz CT molecular complexity index is 1220. The summed E-state index contributed by atoms with van der Waals surface area (Å²) >= 11 is 1.56. The summed E-state index contributed by atoms with van der Waals surface area (Å²) in [6.07, 6.45) is 4.81. The highest BCUT2D eigenvalue weighted by atomic mass is 32.2. The fourth-order valence-corrected chi connectivity index (χ4v) is 6.19.